The molecule has 2 unspecified atom stereocenters. The van der Waals surface area contributed by atoms with Crippen LogP contribution in [0.1, 0.15) is 6.92 Å². The van der Waals surface area contributed by atoms with E-state index in [1.807, 2.05) is 25.1 Å². The quantitative estimate of drug-likeness (QED) is 0.430. The van der Waals surface area contributed by atoms with Gasteiger partial charge in [0.15, 0.2) is 6.61 Å². The average molecular weight is 444 g/mol. The van der Waals surface area contributed by atoms with Gasteiger partial charge in [-0.3, -0.25) is 14.5 Å². The number of β-lactam (4-membered cyclic amide) rings is 1. The maximum absolute atomic E-state index is 12.3. The third-order valence-corrected chi connectivity index (χ3v) is 6.20. The summed E-state index contributed by atoms with van der Waals surface area (Å²) in [5.74, 6) is 1.25. The summed E-state index contributed by atoms with van der Waals surface area (Å²) in [5, 5.41) is 2.80. The third kappa shape index (κ3) is 3.35. The SMILES string of the molecule is CC1=C(CI)CSC2C(NC(=O)COc3ccccc3)C(=O)N12. The molecule has 1 saturated heterocycles. The van der Waals surface area contributed by atoms with Crippen molar-refractivity contribution < 1.29 is 14.3 Å². The van der Waals surface area contributed by atoms with Crippen molar-refractivity contribution in [3.05, 3.63) is 41.6 Å². The number of nitrogens with zero attached hydrogens (tertiary/aromatic N) is 1. The Kier molecular flexibility index (Phi) is 5.15. The number of amides is 2. The highest BCUT2D eigenvalue weighted by Gasteiger charge is 2.51. The number of hydrogen-bond acceptors (Lipinski definition) is 4. The summed E-state index contributed by atoms with van der Waals surface area (Å²) < 4.78 is 6.34. The first-order chi connectivity index (χ1) is 11.1. The Balaban J connectivity index is 1.55. The minimum absolute atomic E-state index is 0.00914. The first-order valence-corrected chi connectivity index (χ1v) is 9.85. The summed E-state index contributed by atoms with van der Waals surface area (Å²) in [6.07, 6.45) is 0. The number of rotatable bonds is 5. The van der Waals surface area contributed by atoms with Gasteiger partial charge in [0.2, 0.25) is 0 Å². The van der Waals surface area contributed by atoms with Gasteiger partial charge < -0.3 is 10.1 Å². The zero-order valence-corrected chi connectivity index (χ0v) is 15.6. The van der Waals surface area contributed by atoms with Crippen molar-refractivity contribution in [1.29, 1.82) is 0 Å². The van der Waals surface area contributed by atoms with Crippen LogP contribution in [-0.2, 0) is 9.59 Å². The number of alkyl halides is 1. The number of para-hydroxylation sites is 1. The van der Waals surface area contributed by atoms with E-state index in [4.69, 9.17) is 4.74 Å². The molecule has 1 fully saturated rings. The predicted molar refractivity (Wildman–Crippen MR) is 98.5 cm³/mol. The molecule has 0 aliphatic carbocycles. The fraction of sp³-hybridized carbons (Fsp3) is 0.375. The van der Waals surface area contributed by atoms with E-state index in [0.29, 0.717) is 5.75 Å². The van der Waals surface area contributed by atoms with Crippen LogP contribution < -0.4 is 10.1 Å². The monoisotopic (exact) mass is 444 g/mol. The molecule has 2 heterocycles. The standard InChI is InChI=1S/C16H17IN2O3S/c1-10-11(7-17)9-23-16-14(15(21)19(10)16)18-13(20)8-22-12-5-3-2-4-6-12/h2-6,14,16H,7-9H2,1H3,(H,18,20). The summed E-state index contributed by atoms with van der Waals surface area (Å²) in [7, 11) is 0. The van der Waals surface area contributed by atoms with Gasteiger partial charge in [-0.15, -0.1) is 11.8 Å². The maximum Gasteiger partial charge on any atom is 0.258 e. The van der Waals surface area contributed by atoms with Crippen molar-refractivity contribution in [1.82, 2.24) is 10.2 Å². The Morgan fingerprint density at radius 1 is 1.43 bits per heavy atom. The van der Waals surface area contributed by atoms with Crippen molar-refractivity contribution in [2.75, 3.05) is 16.8 Å². The highest BCUT2D eigenvalue weighted by Crippen LogP contribution is 2.40. The van der Waals surface area contributed by atoms with Crippen LogP contribution in [0.4, 0.5) is 0 Å². The number of carbonyl (C=O) groups is 2. The van der Waals surface area contributed by atoms with Crippen molar-refractivity contribution in [3.8, 4) is 5.75 Å². The summed E-state index contributed by atoms with van der Waals surface area (Å²) in [6.45, 7) is 1.90. The molecule has 2 aliphatic rings. The number of fused-ring (bicyclic) bond motifs is 1. The molecule has 7 heteroatoms. The molecule has 1 aromatic rings. The molecule has 1 N–H and O–H groups in total. The molecule has 122 valence electrons. The lowest BCUT2D eigenvalue weighted by Crippen LogP contribution is -2.70. The van der Waals surface area contributed by atoms with Gasteiger partial charge in [-0.2, -0.15) is 0 Å². The lowest BCUT2D eigenvalue weighted by atomic mass is 10.0. The van der Waals surface area contributed by atoms with Gasteiger partial charge in [0, 0.05) is 15.9 Å². The number of nitrogens with one attached hydrogen (secondary N) is 1. The highest BCUT2D eigenvalue weighted by atomic mass is 127. The Labute approximate surface area is 153 Å². The fourth-order valence-corrected chi connectivity index (χ4v) is 5.26. The van der Waals surface area contributed by atoms with Gasteiger partial charge in [-0.05, 0) is 24.6 Å². The van der Waals surface area contributed by atoms with Crippen LogP contribution in [0.15, 0.2) is 41.6 Å². The summed E-state index contributed by atoms with van der Waals surface area (Å²) in [4.78, 5) is 26.1. The molecule has 0 aromatic heterocycles. The Bertz CT molecular complexity index is 650. The number of benzene rings is 1. The lowest BCUT2D eigenvalue weighted by Gasteiger charge is -2.50. The van der Waals surface area contributed by atoms with Crippen LogP contribution in [0, 0.1) is 0 Å². The van der Waals surface area contributed by atoms with Gasteiger partial charge in [0.05, 0.1) is 0 Å². The highest BCUT2D eigenvalue weighted by molar-refractivity contribution is 14.1. The molecule has 0 radical (unpaired) electrons. The molecule has 3 rings (SSSR count). The lowest BCUT2D eigenvalue weighted by molar-refractivity contribution is -0.146. The minimum Gasteiger partial charge on any atom is -0.484 e. The number of thioether (sulfide) groups is 1. The Morgan fingerprint density at radius 3 is 2.87 bits per heavy atom. The smallest absolute Gasteiger partial charge is 0.258 e. The zero-order chi connectivity index (χ0) is 16.4. The van der Waals surface area contributed by atoms with E-state index in [2.05, 4.69) is 27.9 Å². The molecule has 2 amide bonds. The van der Waals surface area contributed by atoms with Crippen LogP contribution in [0.2, 0.25) is 0 Å². The van der Waals surface area contributed by atoms with Crippen LogP contribution in [-0.4, -0.2) is 44.9 Å². The van der Waals surface area contributed by atoms with E-state index in [1.165, 1.54) is 5.57 Å². The molecular formula is C16H17IN2O3S. The van der Waals surface area contributed by atoms with E-state index in [1.54, 1.807) is 28.8 Å². The molecule has 0 bridgehead atoms. The van der Waals surface area contributed by atoms with Crippen molar-refractivity contribution in [2.24, 2.45) is 0 Å². The number of allylic oxidation sites excluding steroid dienone is 1. The zero-order valence-electron chi connectivity index (χ0n) is 12.6. The van der Waals surface area contributed by atoms with Crippen LogP contribution in [0.5, 0.6) is 5.75 Å². The number of ether oxygens (including phenoxy) is 1. The van der Waals surface area contributed by atoms with Gasteiger partial charge in [0.25, 0.3) is 11.8 Å². The van der Waals surface area contributed by atoms with Crippen LogP contribution in [0.25, 0.3) is 0 Å². The normalized spacial score (nSPS) is 23.2. The number of carbonyl (C=O) groups excluding carboxylic acids is 2. The summed E-state index contributed by atoms with van der Waals surface area (Å²) in [6, 6.07) is 8.71. The minimum atomic E-state index is -0.447. The molecule has 0 saturated carbocycles. The largest absolute Gasteiger partial charge is 0.484 e. The fourth-order valence-electron chi connectivity index (χ4n) is 2.60. The van der Waals surface area contributed by atoms with Gasteiger partial charge in [-0.25, -0.2) is 0 Å². The molecule has 5 nitrogen and oxygen atoms in total. The van der Waals surface area contributed by atoms with E-state index >= 15 is 0 Å². The molecule has 2 aliphatic heterocycles. The van der Waals surface area contributed by atoms with E-state index in [-0.39, 0.29) is 23.8 Å². The molecular weight excluding hydrogens is 427 g/mol. The second-order valence-electron chi connectivity index (χ2n) is 5.38. The second-order valence-corrected chi connectivity index (χ2v) is 7.25. The molecule has 0 spiro atoms. The van der Waals surface area contributed by atoms with E-state index in [9.17, 15) is 9.59 Å². The molecule has 23 heavy (non-hydrogen) atoms. The average Bonchev–Trinajstić information content (AvgIpc) is 2.58. The van der Waals surface area contributed by atoms with Crippen molar-refractivity contribution >= 4 is 46.2 Å². The second kappa shape index (κ2) is 7.12. The van der Waals surface area contributed by atoms with Crippen molar-refractivity contribution in [2.45, 2.75) is 18.3 Å². The van der Waals surface area contributed by atoms with E-state index in [0.717, 1.165) is 15.9 Å². The van der Waals surface area contributed by atoms with Crippen molar-refractivity contribution in [3.63, 3.8) is 0 Å². The number of hydrogen-bond donors (Lipinski definition) is 1. The van der Waals surface area contributed by atoms with E-state index < -0.39 is 6.04 Å². The van der Waals surface area contributed by atoms with Gasteiger partial charge in [0.1, 0.15) is 17.2 Å². The van der Waals surface area contributed by atoms with Crippen LogP contribution in [0.3, 0.4) is 0 Å². The number of halogens is 1. The third-order valence-electron chi connectivity index (χ3n) is 3.94. The van der Waals surface area contributed by atoms with Crippen LogP contribution >= 0.6 is 34.4 Å². The Hall–Kier alpha value is -1.22. The first kappa shape index (κ1) is 16.6. The topological polar surface area (TPSA) is 58.6 Å². The summed E-state index contributed by atoms with van der Waals surface area (Å²) in [5.41, 5.74) is 2.33. The maximum atomic E-state index is 12.3. The Morgan fingerprint density at radius 2 is 2.17 bits per heavy atom. The molecule has 1 aromatic carbocycles. The predicted octanol–water partition coefficient (Wildman–Crippen LogP) is 2.17. The van der Waals surface area contributed by atoms with Gasteiger partial charge in [-0.1, -0.05) is 40.8 Å². The first-order valence-electron chi connectivity index (χ1n) is 7.28. The van der Waals surface area contributed by atoms with Gasteiger partial charge >= 0.3 is 0 Å². The summed E-state index contributed by atoms with van der Waals surface area (Å²) >= 11 is 4.02. The molecule has 2 atom stereocenters.